The first kappa shape index (κ1) is 19.1. The minimum atomic E-state index is -0.335. The van der Waals surface area contributed by atoms with E-state index in [1.165, 1.54) is 14.2 Å². The van der Waals surface area contributed by atoms with Crippen LogP contribution in [0.5, 0.6) is 17.2 Å². The molecule has 7 heteroatoms. The number of carbonyl (C=O) groups excluding carboxylic acids is 2. The maximum Gasteiger partial charge on any atom is 0.258 e. The van der Waals surface area contributed by atoms with Gasteiger partial charge in [-0.2, -0.15) is 0 Å². The molecule has 138 valence electrons. The first-order chi connectivity index (χ1) is 12.6. The predicted octanol–water partition coefficient (Wildman–Crippen LogP) is 1.87. The maximum absolute atomic E-state index is 12.4. The van der Waals surface area contributed by atoms with Crippen molar-refractivity contribution >= 4 is 11.8 Å². The fourth-order valence-corrected chi connectivity index (χ4v) is 2.36. The SMILES string of the molecule is COc1ccc(C(=O)NCCNC(=O)c2c(OC)cccc2OC)cc1. The molecule has 0 spiro atoms. The molecule has 0 saturated carbocycles. The molecule has 0 unspecified atom stereocenters. The normalized spacial score (nSPS) is 9.96. The highest BCUT2D eigenvalue weighted by molar-refractivity contribution is 5.99. The van der Waals surface area contributed by atoms with E-state index in [-0.39, 0.29) is 24.9 Å². The van der Waals surface area contributed by atoms with Gasteiger partial charge in [0.05, 0.1) is 21.3 Å². The largest absolute Gasteiger partial charge is 0.497 e. The molecule has 26 heavy (non-hydrogen) atoms. The Morgan fingerprint density at radius 3 is 1.81 bits per heavy atom. The van der Waals surface area contributed by atoms with Gasteiger partial charge in [-0.3, -0.25) is 9.59 Å². The smallest absolute Gasteiger partial charge is 0.258 e. The average Bonchev–Trinajstić information content (AvgIpc) is 2.70. The number of carbonyl (C=O) groups is 2. The van der Waals surface area contributed by atoms with Gasteiger partial charge in [0.15, 0.2) is 0 Å². The second-order valence-corrected chi connectivity index (χ2v) is 5.28. The van der Waals surface area contributed by atoms with Gasteiger partial charge in [0, 0.05) is 18.7 Å². The zero-order chi connectivity index (χ0) is 18.9. The van der Waals surface area contributed by atoms with Crippen LogP contribution < -0.4 is 24.8 Å². The minimum Gasteiger partial charge on any atom is -0.497 e. The second kappa shape index (κ2) is 9.31. The van der Waals surface area contributed by atoms with Gasteiger partial charge in [0.2, 0.25) is 0 Å². The van der Waals surface area contributed by atoms with Crippen LogP contribution in [0.15, 0.2) is 42.5 Å². The predicted molar refractivity (Wildman–Crippen MR) is 97.2 cm³/mol. The molecule has 0 radical (unpaired) electrons. The molecule has 0 aliphatic carbocycles. The molecular formula is C19H22N2O5. The molecular weight excluding hydrogens is 336 g/mol. The number of hydrogen-bond donors (Lipinski definition) is 2. The van der Waals surface area contributed by atoms with E-state index >= 15 is 0 Å². The monoisotopic (exact) mass is 358 g/mol. The summed E-state index contributed by atoms with van der Waals surface area (Å²) in [5.74, 6) is 0.961. The van der Waals surface area contributed by atoms with Crippen molar-refractivity contribution < 1.29 is 23.8 Å². The van der Waals surface area contributed by atoms with E-state index in [0.29, 0.717) is 28.4 Å². The van der Waals surface area contributed by atoms with E-state index < -0.39 is 0 Å². The summed E-state index contributed by atoms with van der Waals surface area (Å²) in [6.07, 6.45) is 0. The maximum atomic E-state index is 12.4. The molecule has 2 N–H and O–H groups in total. The number of amides is 2. The lowest BCUT2D eigenvalue weighted by Gasteiger charge is -2.13. The number of hydrogen-bond acceptors (Lipinski definition) is 5. The Hall–Kier alpha value is -3.22. The van der Waals surface area contributed by atoms with Crippen LogP contribution in [-0.4, -0.2) is 46.2 Å². The molecule has 0 aliphatic rings. The third kappa shape index (κ3) is 4.66. The van der Waals surface area contributed by atoms with Gasteiger partial charge in [-0.15, -0.1) is 0 Å². The van der Waals surface area contributed by atoms with Crippen LogP contribution in [0.25, 0.3) is 0 Å². The standard InChI is InChI=1S/C19H22N2O5/c1-24-14-9-7-13(8-10-14)18(22)20-11-12-21-19(23)17-15(25-2)5-4-6-16(17)26-3/h4-10H,11-12H2,1-3H3,(H,20,22)(H,21,23). The van der Waals surface area contributed by atoms with E-state index in [9.17, 15) is 9.59 Å². The zero-order valence-electron chi connectivity index (χ0n) is 15.0. The van der Waals surface area contributed by atoms with Crippen molar-refractivity contribution in [2.24, 2.45) is 0 Å². The van der Waals surface area contributed by atoms with Crippen LogP contribution >= 0.6 is 0 Å². The van der Waals surface area contributed by atoms with E-state index in [1.807, 2.05) is 0 Å². The van der Waals surface area contributed by atoms with E-state index in [4.69, 9.17) is 14.2 Å². The third-order valence-corrected chi connectivity index (χ3v) is 3.70. The van der Waals surface area contributed by atoms with Gasteiger partial charge in [0.25, 0.3) is 11.8 Å². The van der Waals surface area contributed by atoms with Crippen LogP contribution in [0.3, 0.4) is 0 Å². The summed E-state index contributed by atoms with van der Waals surface area (Å²) < 4.78 is 15.5. The molecule has 2 amide bonds. The Morgan fingerprint density at radius 2 is 1.31 bits per heavy atom. The number of rotatable bonds is 8. The summed E-state index contributed by atoms with van der Waals surface area (Å²) in [4.78, 5) is 24.4. The minimum absolute atomic E-state index is 0.225. The molecule has 0 bridgehead atoms. The van der Waals surface area contributed by atoms with Crippen molar-refractivity contribution in [1.82, 2.24) is 10.6 Å². The van der Waals surface area contributed by atoms with Gasteiger partial charge in [-0.25, -0.2) is 0 Å². The van der Waals surface area contributed by atoms with Crippen LogP contribution in [-0.2, 0) is 0 Å². The second-order valence-electron chi connectivity index (χ2n) is 5.28. The Bertz CT molecular complexity index is 737. The van der Waals surface area contributed by atoms with E-state index in [1.54, 1.807) is 49.6 Å². The number of ether oxygens (including phenoxy) is 3. The lowest BCUT2D eigenvalue weighted by molar-refractivity contribution is 0.0924. The number of nitrogens with one attached hydrogen (secondary N) is 2. The molecule has 0 fully saturated rings. The highest BCUT2D eigenvalue weighted by Crippen LogP contribution is 2.27. The fourth-order valence-electron chi connectivity index (χ4n) is 2.36. The molecule has 2 aromatic carbocycles. The lowest BCUT2D eigenvalue weighted by atomic mass is 10.1. The number of methoxy groups -OCH3 is 3. The first-order valence-corrected chi connectivity index (χ1v) is 8.02. The van der Waals surface area contributed by atoms with Crippen LogP contribution in [0.1, 0.15) is 20.7 Å². The quantitative estimate of drug-likeness (QED) is 0.704. The highest BCUT2D eigenvalue weighted by atomic mass is 16.5. The molecule has 2 rings (SSSR count). The fraction of sp³-hybridized carbons (Fsp3) is 0.263. The van der Waals surface area contributed by atoms with Crippen molar-refractivity contribution in [3.8, 4) is 17.2 Å². The topological polar surface area (TPSA) is 85.9 Å². The van der Waals surface area contributed by atoms with E-state index in [0.717, 1.165) is 0 Å². The third-order valence-electron chi connectivity index (χ3n) is 3.70. The average molecular weight is 358 g/mol. The Morgan fingerprint density at radius 1 is 0.769 bits per heavy atom. The number of benzene rings is 2. The van der Waals surface area contributed by atoms with Crippen LogP contribution in [0, 0.1) is 0 Å². The summed E-state index contributed by atoms with van der Waals surface area (Å²) in [7, 11) is 4.54. The lowest BCUT2D eigenvalue weighted by Crippen LogP contribution is -2.35. The summed E-state index contributed by atoms with van der Waals surface area (Å²) >= 11 is 0. The summed E-state index contributed by atoms with van der Waals surface area (Å²) in [6.45, 7) is 0.552. The van der Waals surface area contributed by atoms with Crippen molar-refractivity contribution in [1.29, 1.82) is 0 Å². The van der Waals surface area contributed by atoms with Crippen molar-refractivity contribution in [2.75, 3.05) is 34.4 Å². The van der Waals surface area contributed by atoms with Gasteiger partial charge in [-0.1, -0.05) is 6.07 Å². The first-order valence-electron chi connectivity index (χ1n) is 8.02. The Balaban J connectivity index is 1.88. The van der Waals surface area contributed by atoms with Gasteiger partial charge < -0.3 is 24.8 Å². The van der Waals surface area contributed by atoms with E-state index in [2.05, 4.69) is 10.6 Å². The van der Waals surface area contributed by atoms with Gasteiger partial charge in [-0.05, 0) is 36.4 Å². The summed E-state index contributed by atoms with van der Waals surface area (Å²) in [5.41, 5.74) is 0.836. The van der Waals surface area contributed by atoms with Gasteiger partial charge >= 0.3 is 0 Å². The molecule has 0 saturated heterocycles. The van der Waals surface area contributed by atoms with Crippen molar-refractivity contribution in [2.45, 2.75) is 0 Å². The zero-order valence-corrected chi connectivity index (χ0v) is 15.0. The molecule has 0 atom stereocenters. The Kier molecular flexibility index (Phi) is 6.84. The Labute approximate surface area is 152 Å². The molecule has 0 aromatic heterocycles. The molecule has 0 aliphatic heterocycles. The summed E-state index contributed by atoms with van der Waals surface area (Å²) in [6, 6.07) is 11.9. The van der Waals surface area contributed by atoms with Crippen LogP contribution in [0.2, 0.25) is 0 Å². The van der Waals surface area contributed by atoms with Crippen molar-refractivity contribution in [3.05, 3.63) is 53.6 Å². The molecule has 7 nitrogen and oxygen atoms in total. The van der Waals surface area contributed by atoms with Crippen LogP contribution in [0.4, 0.5) is 0 Å². The molecule has 2 aromatic rings. The van der Waals surface area contributed by atoms with Crippen molar-refractivity contribution in [3.63, 3.8) is 0 Å². The summed E-state index contributed by atoms with van der Waals surface area (Å²) in [5, 5.41) is 5.48. The highest BCUT2D eigenvalue weighted by Gasteiger charge is 2.17. The van der Waals surface area contributed by atoms with Gasteiger partial charge in [0.1, 0.15) is 22.8 Å². The molecule has 0 heterocycles.